The zero-order valence-electron chi connectivity index (χ0n) is 10.3. The highest BCUT2D eigenvalue weighted by Crippen LogP contribution is 2.17. The SMILES string of the molecule is Cc1ccc(CNCCC2CCCO2)cc1Cl. The highest BCUT2D eigenvalue weighted by Gasteiger charge is 2.14. The third-order valence-electron chi connectivity index (χ3n) is 3.23. The average molecular weight is 254 g/mol. The molecule has 0 saturated carbocycles. The zero-order valence-corrected chi connectivity index (χ0v) is 11.1. The molecule has 1 N–H and O–H groups in total. The van der Waals surface area contributed by atoms with Gasteiger partial charge in [0, 0.05) is 18.2 Å². The molecule has 0 bridgehead atoms. The van der Waals surface area contributed by atoms with Gasteiger partial charge < -0.3 is 10.1 Å². The van der Waals surface area contributed by atoms with E-state index in [1.165, 1.54) is 18.4 Å². The summed E-state index contributed by atoms with van der Waals surface area (Å²) in [6.07, 6.45) is 4.03. The molecular formula is C14H20ClNO. The summed E-state index contributed by atoms with van der Waals surface area (Å²) in [5, 5.41) is 4.29. The van der Waals surface area contributed by atoms with Crippen molar-refractivity contribution in [2.24, 2.45) is 0 Å². The Morgan fingerprint density at radius 3 is 3.06 bits per heavy atom. The summed E-state index contributed by atoms with van der Waals surface area (Å²) >= 11 is 6.08. The van der Waals surface area contributed by atoms with E-state index < -0.39 is 0 Å². The van der Waals surface area contributed by atoms with Crippen LogP contribution in [0.1, 0.15) is 30.4 Å². The Bertz CT molecular complexity index is 361. The molecule has 2 nitrogen and oxygen atoms in total. The first-order chi connectivity index (χ1) is 8.25. The van der Waals surface area contributed by atoms with Gasteiger partial charge in [0.05, 0.1) is 6.10 Å². The van der Waals surface area contributed by atoms with Crippen molar-refractivity contribution in [1.82, 2.24) is 5.32 Å². The van der Waals surface area contributed by atoms with Crippen LogP contribution in [0.2, 0.25) is 5.02 Å². The van der Waals surface area contributed by atoms with Gasteiger partial charge in [-0.05, 0) is 49.9 Å². The van der Waals surface area contributed by atoms with Crippen LogP contribution in [0.3, 0.4) is 0 Å². The van der Waals surface area contributed by atoms with Gasteiger partial charge in [0.25, 0.3) is 0 Å². The summed E-state index contributed by atoms with van der Waals surface area (Å²) in [6, 6.07) is 6.23. The van der Waals surface area contributed by atoms with Crippen LogP contribution in [0, 0.1) is 6.92 Å². The van der Waals surface area contributed by atoms with Crippen LogP contribution in [0.5, 0.6) is 0 Å². The molecule has 17 heavy (non-hydrogen) atoms. The van der Waals surface area contributed by atoms with Crippen molar-refractivity contribution in [3.05, 3.63) is 34.3 Å². The predicted octanol–water partition coefficient (Wildman–Crippen LogP) is 3.31. The number of hydrogen-bond acceptors (Lipinski definition) is 2. The Morgan fingerprint density at radius 2 is 2.35 bits per heavy atom. The molecule has 0 aromatic heterocycles. The van der Waals surface area contributed by atoms with Crippen molar-refractivity contribution in [2.75, 3.05) is 13.2 Å². The van der Waals surface area contributed by atoms with E-state index in [0.29, 0.717) is 6.10 Å². The van der Waals surface area contributed by atoms with Gasteiger partial charge in [-0.3, -0.25) is 0 Å². The molecule has 1 aliphatic rings. The van der Waals surface area contributed by atoms with Crippen molar-refractivity contribution in [2.45, 2.75) is 38.8 Å². The molecule has 94 valence electrons. The molecule has 0 amide bonds. The van der Waals surface area contributed by atoms with Gasteiger partial charge in [-0.25, -0.2) is 0 Å². The maximum absolute atomic E-state index is 6.08. The third-order valence-corrected chi connectivity index (χ3v) is 3.64. The molecule has 1 fully saturated rings. The van der Waals surface area contributed by atoms with E-state index in [2.05, 4.69) is 17.4 Å². The number of rotatable bonds is 5. The van der Waals surface area contributed by atoms with Gasteiger partial charge >= 0.3 is 0 Å². The topological polar surface area (TPSA) is 21.3 Å². The summed E-state index contributed by atoms with van der Waals surface area (Å²) in [5.74, 6) is 0. The van der Waals surface area contributed by atoms with Crippen LogP contribution in [0.4, 0.5) is 0 Å². The molecule has 0 aliphatic carbocycles. The zero-order chi connectivity index (χ0) is 12.1. The lowest BCUT2D eigenvalue weighted by molar-refractivity contribution is 0.104. The lowest BCUT2D eigenvalue weighted by atomic mass is 10.1. The van der Waals surface area contributed by atoms with Crippen LogP contribution >= 0.6 is 11.6 Å². The quantitative estimate of drug-likeness (QED) is 0.813. The van der Waals surface area contributed by atoms with Crippen LogP contribution in [0.25, 0.3) is 0 Å². The fraction of sp³-hybridized carbons (Fsp3) is 0.571. The van der Waals surface area contributed by atoms with Crippen molar-refractivity contribution >= 4 is 11.6 Å². The second kappa shape index (κ2) is 6.39. The summed E-state index contributed by atoms with van der Waals surface area (Å²) in [6.45, 7) is 4.86. The first kappa shape index (κ1) is 12.9. The van der Waals surface area contributed by atoms with E-state index in [1.54, 1.807) is 0 Å². The van der Waals surface area contributed by atoms with Crippen molar-refractivity contribution in [1.29, 1.82) is 0 Å². The maximum atomic E-state index is 6.08. The summed E-state index contributed by atoms with van der Waals surface area (Å²) in [7, 11) is 0. The minimum absolute atomic E-state index is 0.476. The molecule has 0 radical (unpaired) electrons. The van der Waals surface area contributed by atoms with E-state index in [0.717, 1.165) is 36.7 Å². The van der Waals surface area contributed by atoms with Crippen LogP contribution in [-0.2, 0) is 11.3 Å². The van der Waals surface area contributed by atoms with Gasteiger partial charge in [0.2, 0.25) is 0 Å². The van der Waals surface area contributed by atoms with Gasteiger partial charge in [0.15, 0.2) is 0 Å². The molecule has 1 aliphatic heterocycles. The molecule has 1 aromatic carbocycles. The summed E-state index contributed by atoms with van der Waals surface area (Å²) in [4.78, 5) is 0. The second-order valence-corrected chi connectivity index (χ2v) is 5.09. The number of ether oxygens (including phenoxy) is 1. The van der Waals surface area contributed by atoms with E-state index in [4.69, 9.17) is 16.3 Å². The molecule has 1 saturated heterocycles. The monoisotopic (exact) mass is 253 g/mol. The number of hydrogen-bond donors (Lipinski definition) is 1. The van der Waals surface area contributed by atoms with Crippen molar-refractivity contribution in [3.8, 4) is 0 Å². The predicted molar refractivity (Wildman–Crippen MR) is 71.5 cm³/mol. The summed E-state index contributed by atoms with van der Waals surface area (Å²) in [5.41, 5.74) is 2.38. The number of nitrogens with one attached hydrogen (secondary N) is 1. The standard InChI is InChI=1S/C14H20ClNO/c1-11-4-5-12(9-14(11)15)10-16-7-6-13-3-2-8-17-13/h4-5,9,13,16H,2-3,6-8,10H2,1H3. The highest BCUT2D eigenvalue weighted by molar-refractivity contribution is 6.31. The van der Waals surface area contributed by atoms with E-state index in [9.17, 15) is 0 Å². The Kier molecular flexibility index (Phi) is 4.84. The molecule has 1 aromatic rings. The molecule has 0 spiro atoms. The normalized spacial score (nSPS) is 19.8. The highest BCUT2D eigenvalue weighted by atomic mass is 35.5. The minimum atomic E-state index is 0.476. The Hall–Kier alpha value is -0.570. The van der Waals surface area contributed by atoms with Gasteiger partial charge in [0.1, 0.15) is 0 Å². The van der Waals surface area contributed by atoms with Gasteiger partial charge in [-0.1, -0.05) is 23.7 Å². The number of benzene rings is 1. The lowest BCUT2D eigenvalue weighted by Gasteiger charge is -2.10. The van der Waals surface area contributed by atoms with Gasteiger partial charge in [-0.15, -0.1) is 0 Å². The first-order valence-electron chi connectivity index (χ1n) is 6.33. The Morgan fingerprint density at radius 1 is 1.47 bits per heavy atom. The van der Waals surface area contributed by atoms with E-state index >= 15 is 0 Å². The van der Waals surface area contributed by atoms with E-state index in [1.807, 2.05) is 13.0 Å². The molecule has 2 rings (SSSR count). The molecular weight excluding hydrogens is 234 g/mol. The third kappa shape index (κ3) is 3.98. The fourth-order valence-electron chi connectivity index (χ4n) is 2.11. The van der Waals surface area contributed by atoms with Crippen LogP contribution < -0.4 is 5.32 Å². The largest absolute Gasteiger partial charge is 0.378 e. The molecule has 1 atom stereocenters. The molecule has 1 unspecified atom stereocenters. The smallest absolute Gasteiger partial charge is 0.0588 e. The van der Waals surface area contributed by atoms with Crippen molar-refractivity contribution < 1.29 is 4.74 Å². The van der Waals surface area contributed by atoms with Crippen LogP contribution in [-0.4, -0.2) is 19.3 Å². The van der Waals surface area contributed by atoms with Gasteiger partial charge in [-0.2, -0.15) is 0 Å². The molecule has 3 heteroatoms. The Balaban J connectivity index is 1.68. The number of halogens is 1. The Labute approximate surface area is 108 Å². The minimum Gasteiger partial charge on any atom is -0.378 e. The first-order valence-corrected chi connectivity index (χ1v) is 6.71. The number of aryl methyl sites for hydroxylation is 1. The maximum Gasteiger partial charge on any atom is 0.0588 e. The van der Waals surface area contributed by atoms with Crippen molar-refractivity contribution in [3.63, 3.8) is 0 Å². The molecule has 1 heterocycles. The lowest BCUT2D eigenvalue weighted by Crippen LogP contribution is -2.19. The second-order valence-electron chi connectivity index (χ2n) is 4.68. The van der Waals surface area contributed by atoms with E-state index in [-0.39, 0.29) is 0 Å². The summed E-state index contributed by atoms with van der Waals surface area (Å²) < 4.78 is 5.58. The van der Waals surface area contributed by atoms with Crippen LogP contribution in [0.15, 0.2) is 18.2 Å². The fourth-order valence-corrected chi connectivity index (χ4v) is 2.32. The average Bonchev–Trinajstić information content (AvgIpc) is 2.82.